The molecule has 2 fully saturated rings. The van der Waals surface area contributed by atoms with Crippen molar-refractivity contribution in [3.8, 4) is 0 Å². The number of carbonyl (C=O) groups is 2. The average Bonchev–Trinajstić information content (AvgIpc) is 3.43. The molecule has 2 atom stereocenters. The molecule has 27 heavy (non-hydrogen) atoms. The molecule has 2 amide bonds. The maximum atomic E-state index is 12.5. The van der Waals surface area contributed by atoms with Crippen molar-refractivity contribution in [3.63, 3.8) is 0 Å². The molecule has 1 aromatic rings. The van der Waals surface area contributed by atoms with Crippen LogP contribution in [0.1, 0.15) is 30.7 Å². The van der Waals surface area contributed by atoms with Gasteiger partial charge < -0.3 is 19.8 Å². The fourth-order valence-corrected chi connectivity index (χ4v) is 3.67. The van der Waals surface area contributed by atoms with E-state index in [2.05, 4.69) is 20.4 Å². The molecule has 0 aromatic carbocycles. The van der Waals surface area contributed by atoms with Crippen LogP contribution in [0.25, 0.3) is 0 Å². The molecule has 4 heterocycles. The van der Waals surface area contributed by atoms with Crippen LogP contribution in [0, 0.1) is 12.8 Å². The Morgan fingerprint density at radius 2 is 2.26 bits per heavy atom. The number of nitrogens with one attached hydrogen (secondary N) is 1. The molecule has 0 aliphatic carbocycles. The quantitative estimate of drug-likeness (QED) is 0.807. The van der Waals surface area contributed by atoms with Crippen molar-refractivity contribution in [2.45, 2.75) is 38.3 Å². The van der Waals surface area contributed by atoms with E-state index in [1.165, 1.54) is 0 Å². The smallest absolute Gasteiger partial charge is 0.269 e. The minimum absolute atomic E-state index is 0.0548. The zero-order valence-electron chi connectivity index (χ0n) is 15.3. The minimum atomic E-state index is -0.578. The molecular formula is C18H23N5O4. The summed E-state index contributed by atoms with van der Waals surface area (Å²) in [5.74, 6) is -0.215. The largest absolute Gasteiger partial charge is 0.386 e. The number of likely N-dealkylation sites (tertiary alicyclic amines) is 1. The summed E-state index contributed by atoms with van der Waals surface area (Å²) < 4.78 is 5.31. The van der Waals surface area contributed by atoms with Crippen LogP contribution in [0.5, 0.6) is 0 Å². The third-order valence-corrected chi connectivity index (χ3v) is 5.27. The van der Waals surface area contributed by atoms with Crippen molar-refractivity contribution in [1.29, 1.82) is 0 Å². The number of hydrogen-bond acceptors (Lipinski definition) is 7. The monoisotopic (exact) mass is 373 g/mol. The van der Waals surface area contributed by atoms with E-state index < -0.39 is 5.60 Å². The Hall–Kier alpha value is -2.55. The third kappa shape index (κ3) is 3.78. The van der Waals surface area contributed by atoms with Crippen LogP contribution in [0.4, 0.5) is 0 Å². The topological polar surface area (TPSA) is 106 Å². The maximum absolute atomic E-state index is 12.5. The van der Waals surface area contributed by atoms with Gasteiger partial charge in [0.2, 0.25) is 5.91 Å². The third-order valence-electron chi connectivity index (χ3n) is 5.27. The van der Waals surface area contributed by atoms with Crippen LogP contribution in [-0.4, -0.2) is 64.3 Å². The van der Waals surface area contributed by atoms with Gasteiger partial charge >= 0.3 is 0 Å². The predicted molar refractivity (Wildman–Crippen MR) is 94.6 cm³/mol. The number of oxime groups is 1. The lowest BCUT2D eigenvalue weighted by atomic mass is 9.96. The molecule has 0 unspecified atom stereocenters. The normalized spacial score (nSPS) is 26.9. The first kappa shape index (κ1) is 17.8. The first-order valence-electron chi connectivity index (χ1n) is 9.22. The summed E-state index contributed by atoms with van der Waals surface area (Å²) in [5, 5.41) is 6.79. The minimum Gasteiger partial charge on any atom is -0.386 e. The summed E-state index contributed by atoms with van der Waals surface area (Å²) in [7, 11) is 0. The number of rotatable bonds is 4. The number of aromatic nitrogens is 2. The summed E-state index contributed by atoms with van der Waals surface area (Å²) >= 11 is 0. The van der Waals surface area contributed by atoms with Gasteiger partial charge in [0.25, 0.3) is 5.91 Å². The Bertz CT molecular complexity index is 760. The summed E-state index contributed by atoms with van der Waals surface area (Å²) in [5.41, 5.74) is 1.28. The van der Waals surface area contributed by atoms with Gasteiger partial charge in [0.05, 0.1) is 43.2 Å². The number of ether oxygens (including phenoxy) is 1. The molecule has 9 nitrogen and oxygen atoms in total. The Kier molecular flexibility index (Phi) is 4.77. The first-order valence-corrected chi connectivity index (χ1v) is 9.22. The van der Waals surface area contributed by atoms with E-state index in [4.69, 9.17) is 9.57 Å². The summed E-state index contributed by atoms with van der Waals surface area (Å²) in [6, 6.07) is 0. The van der Waals surface area contributed by atoms with E-state index in [0.717, 1.165) is 12.1 Å². The van der Waals surface area contributed by atoms with E-state index in [-0.39, 0.29) is 24.3 Å². The molecule has 0 saturated carbocycles. The van der Waals surface area contributed by atoms with Crippen LogP contribution in [0.15, 0.2) is 17.5 Å². The number of aryl methyl sites for hydroxylation is 1. The number of amides is 2. The lowest BCUT2D eigenvalue weighted by Crippen LogP contribution is -2.40. The van der Waals surface area contributed by atoms with Gasteiger partial charge in [0.1, 0.15) is 5.71 Å². The Labute approximate surface area is 157 Å². The second-order valence-corrected chi connectivity index (χ2v) is 7.39. The molecule has 2 saturated heterocycles. The van der Waals surface area contributed by atoms with Gasteiger partial charge in [-0.15, -0.1) is 0 Å². The van der Waals surface area contributed by atoms with Gasteiger partial charge in [0.15, 0.2) is 5.60 Å². The van der Waals surface area contributed by atoms with Crippen LogP contribution in [0.3, 0.4) is 0 Å². The molecule has 4 rings (SSSR count). The second-order valence-electron chi connectivity index (χ2n) is 7.39. The molecule has 3 aliphatic rings. The van der Waals surface area contributed by atoms with E-state index in [1.54, 1.807) is 12.4 Å². The SMILES string of the molecule is Cc1cnc(CNC(=O)C2=NO[C@@]3(CCN(C(=O)[C@@H]4CCOC4)C3)C2)cn1. The molecule has 0 bridgehead atoms. The Morgan fingerprint density at radius 1 is 1.37 bits per heavy atom. The van der Waals surface area contributed by atoms with Gasteiger partial charge in [0, 0.05) is 32.2 Å². The fraction of sp³-hybridized carbons (Fsp3) is 0.611. The zero-order chi connectivity index (χ0) is 18.9. The standard InChI is InChI=1S/C18H23N5O4/c1-12-7-20-14(8-19-12)9-21-16(24)15-6-18(27-22-15)3-4-23(11-18)17(25)13-2-5-26-10-13/h7-8,13H,2-6,9-11H2,1H3,(H,21,24)/t13-,18+/m1/s1. The molecule has 1 spiro atoms. The van der Waals surface area contributed by atoms with Crippen LogP contribution in [-0.2, 0) is 25.7 Å². The van der Waals surface area contributed by atoms with Gasteiger partial charge in [-0.1, -0.05) is 5.16 Å². The summed E-state index contributed by atoms with van der Waals surface area (Å²) in [4.78, 5) is 40.7. The maximum Gasteiger partial charge on any atom is 0.269 e. The van der Waals surface area contributed by atoms with E-state index in [9.17, 15) is 9.59 Å². The summed E-state index contributed by atoms with van der Waals surface area (Å²) in [6.07, 6.45) is 5.15. The molecule has 9 heteroatoms. The van der Waals surface area contributed by atoms with Crippen LogP contribution >= 0.6 is 0 Å². The number of nitrogens with zero attached hydrogens (tertiary/aromatic N) is 4. The van der Waals surface area contributed by atoms with Crippen LogP contribution in [0.2, 0.25) is 0 Å². The predicted octanol–water partition coefficient (Wildman–Crippen LogP) is 0.185. The van der Waals surface area contributed by atoms with Gasteiger partial charge in [-0.2, -0.15) is 0 Å². The molecule has 3 aliphatic heterocycles. The molecular weight excluding hydrogens is 350 g/mol. The highest BCUT2D eigenvalue weighted by atomic mass is 16.7. The highest BCUT2D eigenvalue weighted by Crippen LogP contribution is 2.35. The highest BCUT2D eigenvalue weighted by Gasteiger charge is 2.48. The van der Waals surface area contributed by atoms with E-state index >= 15 is 0 Å². The molecule has 1 N–H and O–H groups in total. The number of hydrogen-bond donors (Lipinski definition) is 1. The van der Waals surface area contributed by atoms with E-state index in [1.807, 2.05) is 11.8 Å². The van der Waals surface area contributed by atoms with Crippen molar-refractivity contribution in [1.82, 2.24) is 20.2 Å². The molecule has 0 radical (unpaired) electrons. The number of carbonyl (C=O) groups excluding carboxylic acids is 2. The van der Waals surface area contributed by atoms with Gasteiger partial charge in [-0.25, -0.2) is 0 Å². The summed E-state index contributed by atoms with van der Waals surface area (Å²) in [6.45, 7) is 4.36. The average molecular weight is 373 g/mol. The molecule has 1 aromatic heterocycles. The van der Waals surface area contributed by atoms with Crippen molar-refractivity contribution in [2.75, 3.05) is 26.3 Å². The fourth-order valence-electron chi connectivity index (χ4n) is 3.67. The van der Waals surface area contributed by atoms with Crippen molar-refractivity contribution >= 4 is 17.5 Å². The van der Waals surface area contributed by atoms with Crippen molar-refractivity contribution in [2.24, 2.45) is 11.1 Å². The Morgan fingerprint density at radius 3 is 3.00 bits per heavy atom. The van der Waals surface area contributed by atoms with Crippen molar-refractivity contribution < 1.29 is 19.2 Å². The molecule has 144 valence electrons. The Balaban J connectivity index is 1.29. The first-order chi connectivity index (χ1) is 13.0. The zero-order valence-corrected chi connectivity index (χ0v) is 15.3. The highest BCUT2D eigenvalue weighted by molar-refractivity contribution is 6.39. The lowest BCUT2D eigenvalue weighted by Gasteiger charge is -2.23. The lowest BCUT2D eigenvalue weighted by molar-refractivity contribution is -0.135. The van der Waals surface area contributed by atoms with Gasteiger partial charge in [-0.3, -0.25) is 19.6 Å². The van der Waals surface area contributed by atoms with Gasteiger partial charge in [-0.05, 0) is 13.3 Å². The van der Waals surface area contributed by atoms with Crippen LogP contribution < -0.4 is 5.32 Å². The van der Waals surface area contributed by atoms with Crippen molar-refractivity contribution in [3.05, 3.63) is 23.8 Å². The second kappa shape index (κ2) is 7.22. The van der Waals surface area contributed by atoms with E-state index in [0.29, 0.717) is 50.6 Å².